The first kappa shape index (κ1) is 13.2. The molecule has 5 heteroatoms. The third-order valence-corrected chi connectivity index (χ3v) is 3.19. The van der Waals surface area contributed by atoms with Gasteiger partial charge in [-0.2, -0.15) is 0 Å². The number of halogens is 1. The van der Waals surface area contributed by atoms with E-state index >= 15 is 0 Å². The molecule has 0 saturated carbocycles. The molecule has 0 aliphatic carbocycles. The minimum absolute atomic E-state index is 0.0913. The van der Waals surface area contributed by atoms with Gasteiger partial charge >= 0.3 is 0 Å². The molecule has 0 spiro atoms. The normalized spacial score (nSPS) is 18.7. The molecule has 1 fully saturated rings. The highest BCUT2D eigenvalue weighted by atomic mass is 35.5. The standard InChI is InChI=1S/C13H17ClN2O2/c1-13(2)8-16(5-6-18-13)12(17)10-7-9(14)3-4-11(10)15/h3-4,7H,5-6,8,15H2,1-2H3. The maximum atomic E-state index is 12.4. The van der Waals surface area contributed by atoms with E-state index in [1.54, 1.807) is 23.1 Å². The fourth-order valence-electron chi connectivity index (χ4n) is 2.07. The third-order valence-electron chi connectivity index (χ3n) is 2.96. The number of nitrogen functional groups attached to an aromatic ring is 1. The highest BCUT2D eigenvalue weighted by molar-refractivity contribution is 6.31. The maximum absolute atomic E-state index is 12.4. The summed E-state index contributed by atoms with van der Waals surface area (Å²) in [5.41, 5.74) is 6.42. The number of anilines is 1. The lowest BCUT2D eigenvalue weighted by atomic mass is 10.1. The van der Waals surface area contributed by atoms with Crippen LogP contribution in [0.3, 0.4) is 0 Å². The summed E-state index contributed by atoms with van der Waals surface area (Å²) in [7, 11) is 0. The molecule has 0 aromatic heterocycles. The van der Waals surface area contributed by atoms with Crippen LogP contribution < -0.4 is 5.73 Å². The van der Waals surface area contributed by atoms with E-state index in [1.165, 1.54) is 0 Å². The minimum Gasteiger partial charge on any atom is -0.398 e. The molecule has 1 amide bonds. The predicted octanol–water partition coefficient (Wildman–Crippen LogP) is 2.17. The van der Waals surface area contributed by atoms with Crippen molar-refractivity contribution in [2.24, 2.45) is 0 Å². The molecule has 1 saturated heterocycles. The molecule has 1 aliphatic rings. The highest BCUT2D eigenvalue weighted by Crippen LogP contribution is 2.23. The zero-order valence-corrected chi connectivity index (χ0v) is 11.3. The zero-order chi connectivity index (χ0) is 13.3. The van der Waals surface area contributed by atoms with Crippen LogP contribution in [0.15, 0.2) is 18.2 Å². The van der Waals surface area contributed by atoms with E-state index in [0.29, 0.717) is 36.0 Å². The van der Waals surface area contributed by atoms with Gasteiger partial charge in [0.2, 0.25) is 0 Å². The van der Waals surface area contributed by atoms with Crippen molar-refractivity contribution in [1.82, 2.24) is 4.90 Å². The number of hydrogen-bond donors (Lipinski definition) is 1. The molecule has 0 atom stereocenters. The summed E-state index contributed by atoms with van der Waals surface area (Å²) in [6, 6.07) is 4.94. The summed E-state index contributed by atoms with van der Waals surface area (Å²) < 4.78 is 5.58. The number of rotatable bonds is 1. The highest BCUT2D eigenvalue weighted by Gasteiger charge is 2.31. The molecule has 18 heavy (non-hydrogen) atoms. The number of amides is 1. The van der Waals surface area contributed by atoms with E-state index in [4.69, 9.17) is 22.1 Å². The van der Waals surface area contributed by atoms with Gasteiger partial charge in [-0.25, -0.2) is 0 Å². The second-order valence-electron chi connectivity index (χ2n) is 5.07. The number of ether oxygens (including phenoxy) is 1. The summed E-state index contributed by atoms with van der Waals surface area (Å²) in [5.74, 6) is -0.0913. The van der Waals surface area contributed by atoms with Crippen molar-refractivity contribution in [3.05, 3.63) is 28.8 Å². The van der Waals surface area contributed by atoms with Crippen LogP contribution in [0.2, 0.25) is 5.02 Å². The Morgan fingerprint density at radius 2 is 2.22 bits per heavy atom. The van der Waals surface area contributed by atoms with Crippen LogP contribution >= 0.6 is 11.6 Å². The third kappa shape index (κ3) is 2.76. The van der Waals surface area contributed by atoms with Gasteiger partial charge in [0.15, 0.2) is 0 Å². The van der Waals surface area contributed by atoms with Gasteiger partial charge < -0.3 is 15.4 Å². The zero-order valence-electron chi connectivity index (χ0n) is 10.6. The fourth-order valence-corrected chi connectivity index (χ4v) is 2.25. The molecular formula is C13H17ClN2O2. The average Bonchev–Trinajstić information content (AvgIpc) is 2.30. The number of hydrogen-bond acceptors (Lipinski definition) is 3. The number of carbonyl (C=O) groups excluding carboxylic acids is 1. The summed E-state index contributed by atoms with van der Waals surface area (Å²) in [6.07, 6.45) is 0. The monoisotopic (exact) mass is 268 g/mol. The van der Waals surface area contributed by atoms with E-state index < -0.39 is 0 Å². The Morgan fingerprint density at radius 1 is 1.50 bits per heavy atom. The van der Waals surface area contributed by atoms with Crippen LogP contribution in [0.25, 0.3) is 0 Å². The molecule has 2 N–H and O–H groups in total. The van der Waals surface area contributed by atoms with Crippen LogP contribution in [-0.4, -0.2) is 36.1 Å². The van der Waals surface area contributed by atoms with Gasteiger partial charge in [0, 0.05) is 23.8 Å². The lowest BCUT2D eigenvalue weighted by molar-refractivity contribution is -0.0763. The van der Waals surface area contributed by atoms with E-state index in [1.807, 2.05) is 13.8 Å². The maximum Gasteiger partial charge on any atom is 0.256 e. The summed E-state index contributed by atoms with van der Waals surface area (Å²) in [5, 5.41) is 0.514. The van der Waals surface area contributed by atoms with E-state index in [2.05, 4.69) is 0 Å². The lowest BCUT2D eigenvalue weighted by Gasteiger charge is -2.38. The van der Waals surface area contributed by atoms with Gasteiger partial charge in [0.05, 0.1) is 17.8 Å². The topological polar surface area (TPSA) is 55.6 Å². The first-order valence-corrected chi connectivity index (χ1v) is 6.25. The number of carbonyl (C=O) groups is 1. The Labute approximate surface area is 112 Å². The SMILES string of the molecule is CC1(C)CN(C(=O)c2cc(Cl)ccc2N)CCO1. The number of morpholine rings is 1. The van der Waals surface area contributed by atoms with Gasteiger partial charge in [-0.1, -0.05) is 11.6 Å². The fraction of sp³-hybridized carbons (Fsp3) is 0.462. The molecule has 1 aromatic rings. The van der Waals surface area contributed by atoms with Crippen LogP contribution in [-0.2, 0) is 4.74 Å². The van der Waals surface area contributed by atoms with Crippen molar-refractivity contribution >= 4 is 23.2 Å². The Morgan fingerprint density at radius 3 is 2.89 bits per heavy atom. The molecule has 1 aliphatic heterocycles. The Hall–Kier alpha value is -1.26. The number of benzene rings is 1. The summed E-state index contributed by atoms with van der Waals surface area (Å²) >= 11 is 5.90. The molecule has 0 bridgehead atoms. The molecular weight excluding hydrogens is 252 g/mol. The van der Waals surface area contributed by atoms with E-state index in [-0.39, 0.29) is 11.5 Å². The largest absolute Gasteiger partial charge is 0.398 e. The van der Waals surface area contributed by atoms with Crippen molar-refractivity contribution in [3.63, 3.8) is 0 Å². The second-order valence-corrected chi connectivity index (χ2v) is 5.50. The molecule has 1 aromatic carbocycles. The summed E-state index contributed by atoms with van der Waals surface area (Å²) in [6.45, 7) is 5.60. The quantitative estimate of drug-likeness (QED) is 0.794. The number of nitrogens with two attached hydrogens (primary N) is 1. The Balaban J connectivity index is 2.23. The van der Waals surface area contributed by atoms with E-state index in [9.17, 15) is 4.79 Å². The van der Waals surface area contributed by atoms with Gasteiger partial charge in [0.1, 0.15) is 0 Å². The molecule has 4 nitrogen and oxygen atoms in total. The molecule has 1 heterocycles. The van der Waals surface area contributed by atoms with Crippen molar-refractivity contribution in [1.29, 1.82) is 0 Å². The van der Waals surface area contributed by atoms with Crippen LogP contribution in [0.5, 0.6) is 0 Å². The van der Waals surface area contributed by atoms with E-state index in [0.717, 1.165) is 0 Å². The Bertz CT molecular complexity index is 474. The van der Waals surface area contributed by atoms with Crippen molar-refractivity contribution in [2.75, 3.05) is 25.4 Å². The molecule has 98 valence electrons. The Kier molecular flexibility index (Phi) is 3.50. The minimum atomic E-state index is -0.318. The first-order chi connectivity index (χ1) is 8.39. The van der Waals surface area contributed by atoms with Gasteiger partial charge in [-0.3, -0.25) is 4.79 Å². The molecule has 0 radical (unpaired) electrons. The van der Waals surface area contributed by atoms with Crippen LogP contribution in [0.1, 0.15) is 24.2 Å². The number of nitrogens with zero attached hydrogens (tertiary/aromatic N) is 1. The summed E-state index contributed by atoms with van der Waals surface area (Å²) in [4.78, 5) is 14.1. The molecule has 2 rings (SSSR count). The van der Waals surface area contributed by atoms with Crippen LogP contribution in [0, 0.1) is 0 Å². The van der Waals surface area contributed by atoms with Crippen molar-refractivity contribution in [3.8, 4) is 0 Å². The first-order valence-electron chi connectivity index (χ1n) is 5.87. The second kappa shape index (κ2) is 4.78. The lowest BCUT2D eigenvalue weighted by Crippen LogP contribution is -2.50. The van der Waals surface area contributed by atoms with Crippen LogP contribution in [0.4, 0.5) is 5.69 Å². The van der Waals surface area contributed by atoms with Crippen molar-refractivity contribution in [2.45, 2.75) is 19.4 Å². The van der Waals surface area contributed by atoms with Crippen molar-refractivity contribution < 1.29 is 9.53 Å². The smallest absolute Gasteiger partial charge is 0.256 e. The van der Waals surface area contributed by atoms with Gasteiger partial charge in [-0.05, 0) is 32.0 Å². The predicted molar refractivity (Wildman–Crippen MR) is 71.8 cm³/mol. The average molecular weight is 269 g/mol. The molecule has 0 unspecified atom stereocenters. The van der Waals surface area contributed by atoms with Gasteiger partial charge in [-0.15, -0.1) is 0 Å². The van der Waals surface area contributed by atoms with Gasteiger partial charge in [0.25, 0.3) is 5.91 Å².